The van der Waals surface area contributed by atoms with Crippen LogP contribution < -0.4 is 0 Å². The fraction of sp³-hybridized carbons (Fsp3) is 0.263. The molecule has 0 spiro atoms. The van der Waals surface area contributed by atoms with Gasteiger partial charge in [-0.3, -0.25) is 4.79 Å². The second-order valence-corrected chi connectivity index (χ2v) is 8.05. The molecule has 0 aliphatic rings. The van der Waals surface area contributed by atoms with E-state index >= 15 is 0 Å². The molecule has 0 bridgehead atoms. The first-order valence-electron chi connectivity index (χ1n) is 8.48. The minimum atomic E-state index is 0.0305. The van der Waals surface area contributed by atoms with Crippen LogP contribution in [0.1, 0.15) is 16.0 Å². The lowest BCUT2D eigenvalue weighted by Gasteiger charge is -2.20. The molecule has 1 aromatic carbocycles. The number of rotatable bonds is 8. The van der Waals surface area contributed by atoms with Crippen LogP contribution in [-0.2, 0) is 11.3 Å². The van der Waals surface area contributed by atoms with Gasteiger partial charge >= 0.3 is 0 Å². The van der Waals surface area contributed by atoms with E-state index in [0.29, 0.717) is 18.2 Å². The summed E-state index contributed by atoms with van der Waals surface area (Å²) >= 11 is 2.98. The van der Waals surface area contributed by atoms with E-state index in [4.69, 9.17) is 0 Å². The number of hydrogen-bond acceptors (Lipinski definition) is 6. The third-order valence-electron chi connectivity index (χ3n) is 4.13. The smallest absolute Gasteiger partial charge is 0.233 e. The maximum Gasteiger partial charge on any atom is 0.233 e. The van der Waals surface area contributed by atoms with Crippen LogP contribution >= 0.6 is 23.1 Å². The zero-order valence-electron chi connectivity index (χ0n) is 15.3. The van der Waals surface area contributed by atoms with Crippen LogP contribution in [0.5, 0.6) is 0 Å². The Bertz CT molecular complexity index is 920. The third kappa shape index (κ3) is 4.84. The first kappa shape index (κ1) is 19.3. The van der Waals surface area contributed by atoms with Gasteiger partial charge in [0.15, 0.2) is 0 Å². The highest BCUT2D eigenvalue weighted by molar-refractivity contribution is 7.99. The Morgan fingerprint density at radius 1 is 1.33 bits per heavy atom. The van der Waals surface area contributed by atoms with Crippen LogP contribution in [0.3, 0.4) is 0 Å². The van der Waals surface area contributed by atoms with Gasteiger partial charge in [-0.25, -0.2) is 0 Å². The zero-order chi connectivity index (χ0) is 19.2. The Kier molecular flexibility index (Phi) is 6.41. The van der Waals surface area contributed by atoms with Crippen LogP contribution in [0, 0.1) is 13.8 Å². The van der Waals surface area contributed by atoms with E-state index in [9.17, 15) is 4.79 Å². The molecular weight excluding hydrogens is 378 g/mol. The van der Waals surface area contributed by atoms with Crippen LogP contribution in [0.2, 0.25) is 0 Å². The number of carbonyl (C=O) groups is 1. The first-order valence-corrected chi connectivity index (χ1v) is 10.3. The van der Waals surface area contributed by atoms with Crippen molar-refractivity contribution in [1.82, 2.24) is 25.1 Å². The molecule has 8 heteroatoms. The molecule has 0 atom stereocenters. The zero-order valence-corrected chi connectivity index (χ0v) is 17.0. The minimum Gasteiger partial charge on any atom is -0.333 e. The molecule has 0 fully saturated rings. The molecule has 140 valence electrons. The Hall–Kier alpha value is -2.45. The molecule has 27 heavy (non-hydrogen) atoms. The summed E-state index contributed by atoms with van der Waals surface area (Å²) in [5, 5.41) is 14.5. The average Bonchev–Trinajstić information content (AvgIpc) is 3.33. The predicted octanol–water partition coefficient (Wildman–Crippen LogP) is 3.65. The molecule has 0 saturated carbocycles. The van der Waals surface area contributed by atoms with Gasteiger partial charge in [-0.15, -0.1) is 23.0 Å². The van der Waals surface area contributed by atoms with Crippen molar-refractivity contribution in [3.8, 4) is 5.69 Å². The van der Waals surface area contributed by atoms with Crippen molar-refractivity contribution >= 4 is 29.0 Å². The highest BCUT2D eigenvalue weighted by Gasteiger charge is 2.17. The van der Waals surface area contributed by atoms with Gasteiger partial charge in [0.05, 0.1) is 18.0 Å². The van der Waals surface area contributed by atoms with Gasteiger partial charge in [0, 0.05) is 11.4 Å². The van der Waals surface area contributed by atoms with E-state index in [2.05, 4.69) is 36.0 Å². The van der Waals surface area contributed by atoms with Crippen LogP contribution in [0.25, 0.3) is 5.69 Å². The maximum atomic E-state index is 12.7. The van der Waals surface area contributed by atoms with Gasteiger partial charge in [0.25, 0.3) is 0 Å². The normalized spacial score (nSPS) is 10.7. The lowest BCUT2D eigenvalue weighted by Crippen LogP contribution is -2.31. The molecule has 0 unspecified atom stereocenters. The summed E-state index contributed by atoms with van der Waals surface area (Å²) < 4.78 is 1.67. The number of thiophene rings is 1. The second kappa shape index (κ2) is 8.96. The second-order valence-electron chi connectivity index (χ2n) is 6.07. The fourth-order valence-electron chi connectivity index (χ4n) is 2.51. The van der Waals surface area contributed by atoms with E-state index in [1.807, 2.05) is 35.7 Å². The Balaban J connectivity index is 1.69. The summed E-state index contributed by atoms with van der Waals surface area (Å²) in [4.78, 5) is 15.6. The number of nitrogens with zero attached hydrogens (tertiary/aromatic N) is 5. The van der Waals surface area contributed by atoms with Crippen molar-refractivity contribution in [2.45, 2.75) is 25.5 Å². The number of tetrazole rings is 1. The fourth-order valence-corrected chi connectivity index (χ4v) is 4.02. The van der Waals surface area contributed by atoms with Crippen LogP contribution in [0.4, 0.5) is 0 Å². The average molecular weight is 400 g/mol. The molecule has 2 aromatic heterocycles. The van der Waals surface area contributed by atoms with Gasteiger partial charge in [-0.1, -0.05) is 30.0 Å². The minimum absolute atomic E-state index is 0.0305. The van der Waals surface area contributed by atoms with Crippen LogP contribution in [-0.4, -0.2) is 43.3 Å². The lowest BCUT2D eigenvalue weighted by molar-refractivity contribution is -0.128. The van der Waals surface area contributed by atoms with Crippen molar-refractivity contribution in [2.24, 2.45) is 0 Å². The molecule has 1 amide bonds. The molecule has 3 aromatic rings. The summed E-state index contributed by atoms with van der Waals surface area (Å²) in [6.07, 6.45) is 1.75. The SMILES string of the molecule is C=CCN(Cc1cccs1)C(=O)CSc1nnnn1-c1ccc(C)c(C)c1. The Morgan fingerprint density at radius 3 is 2.89 bits per heavy atom. The summed E-state index contributed by atoms with van der Waals surface area (Å²) in [6.45, 7) is 8.98. The van der Waals surface area contributed by atoms with Gasteiger partial charge in [0.2, 0.25) is 11.1 Å². The van der Waals surface area contributed by atoms with Gasteiger partial charge in [-0.05, 0) is 59.0 Å². The monoisotopic (exact) mass is 399 g/mol. The highest BCUT2D eigenvalue weighted by Crippen LogP contribution is 2.21. The van der Waals surface area contributed by atoms with Crippen molar-refractivity contribution in [3.05, 3.63) is 64.4 Å². The number of aryl methyl sites for hydroxylation is 2. The number of hydrogen-bond donors (Lipinski definition) is 0. The molecule has 6 nitrogen and oxygen atoms in total. The molecule has 0 N–H and O–H groups in total. The van der Waals surface area contributed by atoms with Crippen molar-refractivity contribution < 1.29 is 4.79 Å². The molecule has 3 rings (SSSR count). The van der Waals surface area contributed by atoms with Crippen molar-refractivity contribution in [1.29, 1.82) is 0 Å². The molecule has 0 aliphatic carbocycles. The standard InChI is InChI=1S/C19H21N5OS2/c1-4-9-23(12-17-6-5-10-26-17)18(25)13-27-19-20-21-22-24(19)16-8-7-14(2)15(3)11-16/h4-8,10-11H,1,9,12-13H2,2-3H3. The summed E-state index contributed by atoms with van der Waals surface area (Å²) in [5.41, 5.74) is 3.27. The maximum absolute atomic E-state index is 12.7. The first-order chi connectivity index (χ1) is 13.1. The van der Waals surface area contributed by atoms with Gasteiger partial charge in [-0.2, -0.15) is 4.68 Å². The van der Waals surface area contributed by atoms with E-state index in [0.717, 1.165) is 10.6 Å². The predicted molar refractivity (Wildman–Crippen MR) is 109 cm³/mol. The molecule has 0 saturated heterocycles. The molecular formula is C19H21N5OS2. The van der Waals surface area contributed by atoms with Gasteiger partial charge in [0.1, 0.15) is 0 Å². The molecule has 2 heterocycles. The van der Waals surface area contributed by atoms with Gasteiger partial charge < -0.3 is 4.90 Å². The highest BCUT2D eigenvalue weighted by atomic mass is 32.2. The quantitative estimate of drug-likeness (QED) is 0.427. The number of carbonyl (C=O) groups excluding carboxylic acids is 1. The van der Waals surface area contributed by atoms with Crippen molar-refractivity contribution in [2.75, 3.05) is 12.3 Å². The number of amides is 1. The number of thioether (sulfide) groups is 1. The van der Waals surface area contributed by atoms with E-state index in [1.54, 1.807) is 27.0 Å². The summed E-state index contributed by atoms with van der Waals surface area (Å²) in [7, 11) is 0. The van der Waals surface area contributed by atoms with E-state index < -0.39 is 0 Å². The number of aromatic nitrogens is 4. The topological polar surface area (TPSA) is 63.9 Å². The Morgan fingerprint density at radius 2 is 2.19 bits per heavy atom. The van der Waals surface area contributed by atoms with E-state index in [-0.39, 0.29) is 11.7 Å². The number of benzene rings is 1. The van der Waals surface area contributed by atoms with Crippen LogP contribution in [0.15, 0.2) is 53.5 Å². The Labute approximate surface area is 166 Å². The van der Waals surface area contributed by atoms with Crippen molar-refractivity contribution in [3.63, 3.8) is 0 Å². The third-order valence-corrected chi connectivity index (χ3v) is 5.89. The summed E-state index contributed by atoms with van der Waals surface area (Å²) in [6, 6.07) is 10.1. The molecule has 0 aliphatic heterocycles. The summed E-state index contributed by atoms with van der Waals surface area (Å²) in [5.74, 6) is 0.299. The largest absolute Gasteiger partial charge is 0.333 e. The van der Waals surface area contributed by atoms with E-state index in [1.165, 1.54) is 22.9 Å². The lowest BCUT2D eigenvalue weighted by atomic mass is 10.1. The molecule has 0 radical (unpaired) electrons.